The summed E-state index contributed by atoms with van der Waals surface area (Å²) in [7, 11) is 0. The fraction of sp³-hybridized carbons (Fsp3) is 0.846. The van der Waals surface area contributed by atoms with Gasteiger partial charge in [-0.05, 0) is 56.3 Å². The van der Waals surface area contributed by atoms with E-state index in [0.717, 1.165) is 12.2 Å². The van der Waals surface area contributed by atoms with Crippen molar-refractivity contribution in [1.82, 2.24) is 0 Å². The summed E-state index contributed by atoms with van der Waals surface area (Å²) in [6.45, 7) is 7.17. The zero-order chi connectivity index (χ0) is 34.5. The summed E-state index contributed by atoms with van der Waals surface area (Å²) in [5.41, 5.74) is 0. The first-order chi connectivity index (χ1) is 22.3. The summed E-state index contributed by atoms with van der Waals surface area (Å²) in [5, 5.41) is 42.4. The van der Waals surface area contributed by atoms with Gasteiger partial charge in [0.2, 0.25) is 0 Å². The van der Waals surface area contributed by atoms with Gasteiger partial charge in [0, 0.05) is 32.0 Å². The average molecular weight is 655 g/mol. The SMILES string of the molecule is C=CC(=O)O.C=CC(=O)O.OCC1CCCCCCCCC1.OCC1CCCCCCCCC1.OCC1CCCCCCCCC1. The van der Waals surface area contributed by atoms with E-state index in [1.165, 1.54) is 173 Å². The van der Waals surface area contributed by atoms with E-state index >= 15 is 0 Å². The van der Waals surface area contributed by atoms with Crippen molar-refractivity contribution >= 4 is 11.9 Å². The lowest BCUT2D eigenvalue weighted by atomic mass is 9.93. The number of carboxylic acids is 2. The Morgan fingerprint density at radius 2 is 0.522 bits per heavy atom. The largest absolute Gasteiger partial charge is 0.478 e. The van der Waals surface area contributed by atoms with Crippen LogP contribution < -0.4 is 0 Å². The molecule has 0 unspecified atom stereocenters. The molecule has 3 rings (SSSR count). The molecule has 0 atom stereocenters. The molecule has 3 saturated carbocycles. The van der Waals surface area contributed by atoms with Crippen LogP contribution in [-0.4, -0.2) is 57.3 Å². The maximum atomic E-state index is 9.25. The zero-order valence-electron chi connectivity index (χ0n) is 29.6. The van der Waals surface area contributed by atoms with Crippen LogP contribution in [0, 0.1) is 17.8 Å². The second-order valence-electron chi connectivity index (χ2n) is 13.4. The highest BCUT2D eigenvalue weighted by atomic mass is 16.4. The van der Waals surface area contributed by atoms with E-state index in [-0.39, 0.29) is 0 Å². The molecule has 5 N–H and O–H groups in total. The molecule has 0 bridgehead atoms. The van der Waals surface area contributed by atoms with Crippen molar-refractivity contribution in [2.75, 3.05) is 19.8 Å². The van der Waals surface area contributed by atoms with Crippen LogP contribution >= 0.6 is 0 Å². The van der Waals surface area contributed by atoms with Gasteiger partial charge in [0.1, 0.15) is 0 Å². The van der Waals surface area contributed by atoms with Crippen LogP contribution in [0.5, 0.6) is 0 Å². The third kappa shape index (κ3) is 36.8. The van der Waals surface area contributed by atoms with E-state index < -0.39 is 11.9 Å². The Hall–Kier alpha value is -1.70. The lowest BCUT2D eigenvalue weighted by Gasteiger charge is -2.15. The summed E-state index contributed by atoms with van der Waals surface area (Å²) < 4.78 is 0. The van der Waals surface area contributed by atoms with Crippen molar-refractivity contribution in [1.29, 1.82) is 0 Å². The van der Waals surface area contributed by atoms with E-state index in [1.807, 2.05) is 0 Å². The minimum Gasteiger partial charge on any atom is -0.478 e. The van der Waals surface area contributed by atoms with Gasteiger partial charge in [-0.15, -0.1) is 0 Å². The minimum absolute atomic E-state index is 0.417. The van der Waals surface area contributed by atoms with Crippen LogP contribution in [0.25, 0.3) is 0 Å². The van der Waals surface area contributed by atoms with E-state index in [1.54, 1.807) is 0 Å². The minimum atomic E-state index is -0.981. The standard InChI is InChI=1S/3C11H22O.2C3H4O2/c3*12-10-11-8-6-4-2-1-3-5-7-9-11;2*1-2-3(4)5/h3*11-12H,1-10H2;2*2H,1H2,(H,4,5). The summed E-state index contributed by atoms with van der Waals surface area (Å²) >= 11 is 0. The van der Waals surface area contributed by atoms with E-state index in [9.17, 15) is 9.59 Å². The fourth-order valence-corrected chi connectivity index (χ4v) is 6.23. The lowest BCUT2D eigenvalue weighted by Crippen LogP contribution is -2.06. The third-order valence-electron chi connectivity index (χ3n) is 9.30. The number of carbonyl (C=O) groups is 2. The van der Waals surface area contributed by atoms with Gasteiger partial charge in [-0.25, -0.2) is 9.59 Å². The highest BCUT2D eigenvalue weighted by Gasteiger charge is 2.10. The smallest absolute Gasteiger partial charge is 0.327 e. The molecule has 0 aromatic rings. The van der Waals surface area contributed by atoms with Crippen molar-refractivity contribution < 1.29 is 35.1 Å². The monoisotopic (exact) mass is 655 g/mol. The van der Waals surface area contributed by atoms with Crippen LogP contribution in [0.4, 0.5) is 0 Å². The molecule has 0 saturated heterocycles. The van der Waals surface area contributed by atoms with E-state index in [0.29, 0.717) is 37.6 Å². The topological polar surface area (TPSA) is 135 Å². The number of carboxylic acid groups (broad SMARTS) is 2. The molecule has 272 valence electrons. The second kappa shape index (κ2) is 37.8. The van der Waals surface area contributed by atoms with Gasteiger partial charge in [0.15, 0.2) is 0 Å². The van der Waals surface area contributed by atoms with Crippen molar-refractivity contribution in [3.63, 3.8) is 0 Å². The van der Waals surface area contributed by atoms with Gasteiger partial charge in [-0.1, -0.05) is 148 Å². The van der Waals surface area contributed by atoms with Crippen molar-refractivity contribution in [3.05, 3.63) is 25.3 Å². The molecular weight excluding hydrogens is 580 g/mol. The Bertz CT molecular complexity index is 571. The number of aliphatic hydroxyl groups is 3. The Morgan fingerprint density at radius 1 is 0.391 bits per heavy atom. The van der Waals surface area contributed by atoms with Gasteiger partial charge in [-0.2, -0.15) is 0 Å². The number of aliphatic hydroxyl groups excluding tert-OH is 3. The maximum absolute atomic E-state index is 9.25. The van der Waals surface area contributed by atoms with Gasteiger partial charge >= 0.3 is 11.9 Å². The number of aliphatic carboxylic acids is 2. The van der Waals surface area contributed by atoms with E-state index in [2.05, 4.69) is 13.2 Å². The van der Waals surface area contributed by atoms with Gasteiger partial charge in [-0.3, -0.25) is 0 Å². The summed E-state index contributed by atoms with van der Waals surface area (Å²) in [6.07, 6.45) is 38.4. The van der Waals surface area contributed by atoms with Gasteiger partial charge < -0.3 is 25.5 Å². The first-order valence-corrected chi connectivity index (χ1v) is 18.9. The van der Waals surface area contributed by atoms with Crippen LogP contribution in [0.2, 0.25) is 0 Å². The van der Waals surface area contributed by atoms with Crippen LogP contribution in [0.1, 0.15) is 173 Å². The third-order valence-corrected chi connectivity index (χ3v) is 9.30. The molecule has 7 nitrogen and oxygen atoms in total. The molecule has 0 radical (unpaired) electrons. The summed E-state index contributed by atoms with van der Waals surface area (Å²) in [5.74, 6) is -0.121. The zero-order valence-corrected chi connectivity index (χ0v) is 29.6. The van der Waals surface area contributed by atoms with Gasteiger partial charge in [0.05, 0.1) is 0 Å². The number of hydrogen-bond donors (Lipinski definition) is 5. The van der Waals surface area contributed by atoms with Crippen LogP contribution in [0.3, 0.4) is 0 Å². The lowest BCUT2D eigenvalue weighted by molar-refractivity contribution is -0.132. The molecule has 0 aromatic carbocycles. The Morgan fingerprint density at radius 3 is 0.630 bits per heavy atom. The van der Waals surface area contributed by atoms with E-state index in [4.69, 9.17) is 25.5 Å². The molecule has 0 aromatic heterocycles. The fourth-order valence-electron chi connectivity index (χ4n) is 6.23. The Kier molecular flexibility index (Phi) is 38.1. The Labute approximate surface area is 283 Å². The normalized spacial score (nSPS) is 20.0. The molecular formula is C39H74O7. The van der Waals surface area contributed by atoms with Crippen molar-refractivity contribution in [3.8, 4) is 0 Å². The predicted molar refractivity (Wildman–Crippen MR) is 192 cm³/mol. The quantitative estimate of drug-likeness (QED) is 0.186. The number of hydrogen-bond acceptors (Lipinski definition) is 5. The summed E-state index contributed by atoms with van der Waals surface area (Å²) in [6, 6.07) is 0. The molecule has 0 amide bonds. The highest BCUT2D eigenvalue weighted by molar-refractivity contribution is 5.79. The molecule has 7 heteroatoms. The van der Waals surface area contributed by atoms with Gasteiger partial charge in [0.25, 0.3) is 0 Å². The summed E-state index contributed by atoms with van der Waals surface area (Å²) in [4.78, 5) is 18.5. The predicted octanol–water partition coefficient (Wildman–Crippen LogP) is 9.87. The molecule has 0 aliphatic heterocycles. The molecule has 3 aliphatic carbocycles. The van der Waals surface area contributed by atoms with Crippen molar-refractivity contribution in [2.45, 2.75) is 173 Å². The van der Waals surface area contributed by atoms with Crippen molar-refractivity contribution in [2.24, 2.45) is 17.8 Å². The first kappa shape index (κ1) is 46.4. The average Bonchev–Trinajstić information content (AvgIpc) is 3.09. The van der Waals surface area contributed by atoms with Crippen LogP contribution in [0.15, 0.2) is 25.3 Å². The molecule has 0 spiro atoms. The van der Waals surface area contributed by atoms with Crippen LogP contribution in [-0.2, 0) is 9.59 Å². The molecule has 3 fully saturated rings. The highest BCUT2D eigenvalue weighted by Crippen LogP contribution is 2.22. The molecule has 0 heterocycles. The maximum Gasteiger partial charge on any atom is 0.327 e. The Balaban J connectivity index is 0. The number of rotatable bonds is 5. The first-order valence-electron chi connectivity index (χ1n) is 18.9. The molecule has 3 aliphatic rings. The molecule has 46 heavy (non-hydrogen) atoms. The second-order valence-corrected chi connectivity index (χ2v) is 13.4.